The summed E-state index contributed by atoms with van der Waals surface area (Å²) in [6.07, 6.45) is 5.64. The topological polar surface area (TPSA) is 59.5 Å². The Bertz CT molecular complexity index is 690. The van der Waals surface area contributed by atoms with Crippen LogP contribution in [-0.2, 0) is 9.53 Å². The van der Waals surface area contributed by atoms with E-state index in [0.29, 0.717) is 5.56 Å². The number of carbonyl (C=O) groups is 2. The molecule has 1 fully saturated rings. The lowest BCUT2D eigenvalue weighted by Gasteiger charge is -2.24. The number of nitrogens with zero attached hydrogens (tertiary/aromatic N) is 2. The molecule has 23 heavy (non-hydrogen) atoms. The van der Waals surface area contributed by atoms with E-state index in [4.69, 9.17) is 4.74 Å². The summed E-state index contributed by atoms with van der Waals surface area (Å²) < 4.78 is 6.13. The second-order valence-electron chi connectivity index (χ2n) is 5.76. The van der Waals surface area contributed by atoms with Crippen molar-refractivity contribution < 1.29 is 14.3 Å². The SMILES string of the molecule is O=C(OCC(=O)N1CCCCCCC1)c1ccc2ncsc2c1. The Kier molecular flexibility index (Phi) is 5.23. The van der Waals surface area contributed by atoms with E-state index in [1.807, 2.05) is 4.90 Å². The van der Waals surface area contributed by atoms with Crippen molar-refractivity contribution in [3.05, 3.63) is 29.3 Å². The number of ether oxygens (including phenoxy) is 1. The number of likely N-dealkylation sites (tertiary alicyclic amines) is 1. The predicted molar refractivity (Wildman–Crippen MR) is 89.6 cm³/mol. The van der Waals surface area contributed by atoms with E-state index in [2.05, 4.69) is 4.98 Å². The Morgan fingerprint density at radius 1 is 1.13 bits per heavy atom. The summed E-state index contributed by atoms with van der Waals surface area (Å²) in [5.74, 6) is -0.556. The van der Waals surface area contributed by atoms with Gasteiger partial charge in [0, 0.05) is 13.1 Å². The van der Waals surface area contributed by atoms with E-state index in [-0.39, 0.29) is 12.5 Å². The molecule has 1 saturated heterocycles. The molecule has 0 atom stereocenters. The summed E-state index contributed by atoms with van der Waals surface area (Å²) in [4.78, 5) is 30.3. The molecule has 0 N–H and O–H groups in total. The van der Waals surface area contributed by atoms with Crippen molar-refractivity contribution in [3.63, 3.8) is 0 Å². The fraction of sp³-hybridized carbons (Fsp3) is 0.471. The largest absolute Gasteiger partial charge is 0.452 e. The van der Waals surface area contributed by atoms with Gasteiger partial charge in [0.05, 0.1) is 21.3 Å². The third-order valence-corrected chi connectivity index (χ3v) is 4.89. The van der Waals surface area contributed by atoms with Gasteiger partial charge in [0.25, 0.3) is 5.91 Å². The third-order valence-electron chi connectivity index (χ3n) is 4.10. The minimum atomic E-state index is -0.458. The van der Waals surface area contributed by atoms with Crippen LogP contribution in [0.25, 0.3) is 10.2 Å². The molecule has 1 aromatic carbocycles. The van der Waals surface area contributed by atoms with E-state index in [1.54, 1.807) is 23.7 Å². The molecule has 5 nitrogen and oxygen atoms in total. The van der Waals surface area contributed by atoms with Gasteiger partial charge in [0.2, 0.25) is 0 Å². The minimum Gasteiger partial charge on any atom is -0.452 e. The lowest BCUT2D eigenvalue weighted by molar-refractivity contribution is -0.134. The zero-order chi connectivity index (χ0) is 16.1. The molecule has 122 valence electrons. The number of amides is 1. The Morgan fingerprint density at radius 2 is 1.87 bits per heavy atom. The van der Waals surface area contributed by atoms with Crippen LogP contribution in [0.1, 0.15) is 42.5 Å². The number of esters is 1. The van der Waals surface area contributed by atoms with Crippen molar-refractivity contribution in [1.82, 2.24) is 9.88 Å². The quantitative estimate of drug-likeness (QED) is 0.810. The molecule has 0 spiro atoms. The number of aromatic nitrogens is 1. The summed E-state index contributed by atoms with van der Waals surface area (Å²) in [7, 11) is 0. The van der Waals surface area contributed by atoms with Gasteiger partial charge in [-0.2, -0.15) is 0 Å². The van der Waals surface area contributed by atoms with Crippen LogP contribution in [0.4, 0.5) is 0 Å². The molecule has 0 radical (unpaired) electrons. The van der Waals surface area contributed by atoms with E-state index in [0.717, 1.165) is 36.1 Å². The Balaban J connectivity index is 1.55. The molecule has 6 heteroatoms. The molecule has 0 bridgehead atoms. The summed E-state index contributed by atoms with van der Waals surface area (Å²) in [5.41, 5.74) is 3.07. The number of hydrogen-bond acceptors (Lipinski definition) is 5. The maximum atomic E-state index is 12.2. The molecular weight excluding hydrogens is 312 g/mol. The fourth-order valence-electron chi connectivity index (χ4n) is 2.78. The molecule has 0 unspecified atom stereocenters. The highest BCUT2D eigenvalue weighted by atomic mass is 32.1. The molecule has 1 aliphatic heterocycles. The first kappa shape index (κ1) is 15.9. The van der Waals surface area contributed by atoms with Gasteiger partial charge >= 0.3 is 5.97 Å². The molecule has 3 rings (SSSR count). The maximum absolute atomic E-state index is 12.2. The van der Waals surface area contributed by atoms with E-state index in [1.165, 1.54) is 30.6 Å². The number of rotatable bonds is 3. The van der Waals surface area contributed by atoms with Gasteiger partial charge in [-0.15, -0.1) is 11.3 Å². The zero-order valence-electron chi connectivity index (χ0n) is 13.0. The highest BCUT2D eigenvalue weighted by Crippen LogP contribution is 2.19. The highest BCUT2D eigenvalue weighted by Gasteiger charge is 2.17. The van der Waals surface area contributed by atoms with E-state index >= 15 is 0 Å². The van der Waals surface area contributed by atoms with Crippen molar-refractivity contribution >= 4 is 33.4 Å². The lowest BCUT2D eigenvalue weighted by Crippen LogP contribution is -2.36. The third kappa shape index (κ3) is 4.07. The monoisotopic (exact) mass is 332 g/mol. The summed E-state index contributed by atoms with van der Waals surface area (Å²) in [6, 6.07) is 5.24. The fourth-order valence-corrected chi connectivity index (χ4v) is 3.50. The van der Waals surface area contributed by atoms with Gasteiger partial charge in [0.1, 0.15) is 0 Å². The summed E-state index contributed by atoms with van der Waals surface area (Å²) >= 11 is 1.48. The average molecular weight is 332 g/mol. The minimum absolute atomic E-state index is 0.0980. The van der Waals surface area contributed by atoms with Gasteiger partial charge in [0.15, 0.2) is 6.61 Å². The maximum Gasteiger partial charge on any atom is 0.338 e. The van der Waals surface area contributed by atoms with Crippen LogP contribution in [0.15, 0.2) is 23.7 Å². The van der Waals surface area contributed by atoms with E-state index in [9.17, 15) is 9.59 Å². The molecule has 1 aliphatic rings. The van der Waals surface area contributed by atoms with Gasteiger partial charge in [-0.25, -0.2) is 9.78 Å². The Hall–Kier alpha value is -1.95. The normalized spacial score (nSPS) is 15.9. The van der Waals surface area contributed by atoms with Crippen LogP contribution in [0, 0.1) is 0 Å². The molecule has 2 heterocycles. The Morgan fingerprint density at radius 3 is 2.65 bits per heavy atom. The van der Waals surface area contributed by atoms with Crippen LogP contribution in [-0.4, -0.2) is 41.5 Å². The van der Waals surface area contributed by atoms with E-state index < -0.39 is 5.97 Å². The molecule has 0 aliphatic carbocycles. The second-order valence-corrected chi connectivity index (χ2v) is 6.65. The molecule has 0 saturated carbocycles. The van der Waals surface area contributed by atoms with Crippen molar-refractivity contribution in [1.29, 1.82) is 0 Å². The summed E-state index contributed by atoms with van der Waals surface area (Å²) in [5, 5.41) is 0. The van der Waals surface area contributed by atoms with Gasteiger partial charge in [-0.3, -0.25) is 4.79 Å². The second kappa shape index (κ2) is 7.55. The van der Waals surface area contributed by atoms with Crippen LogP contribution in [0.5, 0.6) is 0 Å². The number of hydrogen-bond donors (Lipinski definition) is 0. The van der Waals surface area contributed by atoms with Crippen LogP contribution in [0.3, 0.4) is 0 Å². The van der Waals surface area contributed by atoms with Crippen LogP contribution in [0.2, 0.25) is 0 Å². The van der Waals surface area contributed by atoms with Crippen molar-refractivity contribution in [2.45, 2.75) is 32.1 Å². The molecular formula is C17H20N2O3S. The van der Waals surface area contributed by atoms with Crippen LogP contribution < -0.4 is 0 Å². The highest BCUT2D eigenvalue weighted by molar-refractivity contribution is 7.16. The number of fused-ring (bicyclic) bond motifs is 1. The summed E-state index contributed by atoms with van der Waals surface area (Å²) in [6.45, 7) is 1.35. The molecule has 1 amide bonds. The number of benzene rings is 1. The van der Waals surface area contributed by atoms with Gasteiger partial charge in [-0.05, 0) is 31.0 Å². The first-order valence-electron chi connectivity index (χ1n) is 8.02. The number of carbonyl (C=O) groups excluding carboxylic acids is 2. The zero-order valence-corrected chi connectivity index (χ0v) is 13.8. The Labute approximate surface area is 139 Å². The van der Waals surface area contributed by atoms with Crippen molar-refractivity contribution in [2.24, 2.45) is 0 Å². The first-order chi connectivity index (χ1) is 11.2. The predicted octanol–water partition coefficient (Wildman–Crippen LogP) is 3.25. The van der Waals surface area contributed by atoms with Gasteiger partial charge in [-0.1, -0.05) is 19.3 Å². The van der Waals surface area contributed by atoms with Crippen molar-refractivity contribution in [2.75, 3.05) is 19.7 Å². The van der Waals surface area contributed by atoms with Crippen molar-refractivity contribution in [3.8, 4) is 0 Å². The lowest BCUT2D eigenvalue weighted by atomic mass is 10.1. The first-order valence-corrected chi connectivity index (χ1v) is 8.90. The molecule has 1 aromatic heterocycles. The van der Waals surface area contributed by atoms with Gasteiger partial charge < -0.3 is 9.64 Å². The smallest absolute Gasteiger partial charge is 0.338 e. The van der Waals surface area contributed by atoms with Crippen LogP contribution >= 0.6 is 11.3 Å². The average Bonchev–Trinajstić information content (AvgIpc) is 2.99. The number of thiazole rings is 1. The standard InChI is InChI=1S/C17H20N2O3S/c20-16(19-8-4-2-1-3-5-9-19)11-22-17(21)13-6-7-14-15(10-13)23-12-18-14/h6-7,10,12H,1-5,8-9,11H2. The molecule has 2 aromatic rings.